The van der Waals surface area contributed by atoms with E-state index >= 15 is 0 Å². The molecule has 5 aromatic rings. The maximum Gasteiger partial charge on any atom is 0.0728 e. The van der Waals surface area contributed by atoms with Gasteiger partial charge in [0.2, 0.25) is 0 Å². The van der Waals surface area contributed by atoms with Crippen molar-refractivity contribution >= 4 is 38.1 Å². The molecule has 3 heteroatoms. The van der Waals surface area contributed by atoms with Crippen LogP contribution in [-0.2, 0) is 5.41 Å². The number of benzene rings is 1. The SMILES string of the molecule is CCC(CC)(CC)c1cc2c3c4c(ncc3n3c5cnc6c(c5c(c1)c23)C1CC2CC(CC6C2)C1)C1CC2CC(C1)CC4C2. The summed E-state index contributed by atoms with van der Waals surface area (Å²) in [5.74, 6) is 6.36. The van der Waals surface area contributed by atoms with Gasteiger partial charge in [0.05, 0.1) is 28.9 Å². The van der Waals surface area contributed by atoms with Crippen LogP contribution in [0.25, 0.3) is 38.1 Å². The van der Waals surface area contributed by atoms with E-state index in [4.69, 9.17) is 9.97 Å². The number of pyridine rings is 2. The molecule has 13 rings (SSSR count). The molecule has 8 aliphatic rings. The summed E-state index contributed by atoms with van der Waals surface area (Å²) in [5.41, 5.74) is 12.3. The summed E-state index contributed by atoms with van der Waals surface area (Å²) in [5, 5.41) is 6.22. The van der Waals surface area contributed by atoms with Gasteiger partial charge in [-0.1, -0.05) is 20.8 Å². The van der Waals surface area contributed by atoms with E-state index in [-0.39, 0.29) is 5.41 Å². The fourth-order valence-electron chi connectivity index (χ4n) is 13.4. The normalized spacial score (nSPS) is 33.6. The van der Waals surface area contributed by atoms with E-state index < -0.39 is 0 Å². The first-order valence-electron chi connectivity index (χ1n) is 18.6. The summed E-state index contributed by atoms with van der Waals surface area (Å²) in [4.78, 5) is 10.9. The highest BCUT2D eigenvalue weighted by Crippen LogP contribution is 2.60. The van der Waals surface area contributed by atoms with Gasteiger partial charge in [0.25, 0.3) is 0 Å². The van der Waals surface area contributed by atoms with E-state index in [2.05, 4.69) is 49.7 Å². The first-order valence-corrected chi connectivity index (χ1v) is 18.6. The highest BCUT2D eigenvalue weighted by molar-refractivity contribution is 6.25. The maximum atomic E-state index is 5.45. The van der Waals surface area contributed by atoms with Crippen LogP contribution in [0.15, 0.2) is 24.5 Å². The summed E-state index contributed by atoms with van der Waals surface area (Å²) in [6, 6.07) is 5.38. The van der Waals surface area contributed by atoms with Crippen LogP contribution in [0.2, 0.25) is 0 Å². The molecule has 4 heterocycles. The Labute approximate surface area is 261 Å². The molecule has 44 heavy (non-hydrogen) atoms. The molecule has 0 aliphatic heterocycles. The van der Waals surface area contributed by atoms with Crippen LogP contribution in [0.4, 0.5) is 0 Å². The fourth-order valence-corrected chi connectivity index (χ4v) is 13.4. The van der Waals surface area contributed by atoms with Crippen molar-refractivity contribution in [2.24, 2.45) is 23.7 Å². The van der Waals surface area contributed by atoms with Crippen molar-refractivity contribution in [3.05, 3.63) is 52.6 Å². The van der Waals surface area contributed by atoms with Gasteiger partial charge >= 0.3 is 0 Å². The van der Waals surface area contributed by atoms with Crippen molar-refractivity contribution in [3.8, 4) is 0 Å². The van der Waals surface area contributed by atoms with Gasteiger partial charge in [0.1, 0.15) is 0 Å². The molecule has 4 atom stereocenters. The van der Waals surface area contributed by atoms with Gasteiger partial charge in [-0.25, -0.2) is 0 Å². The lowest BCUT2D eigenvalue weighted by Gasteiger charge is -2.38. The Morgan fingerprint density at radius 3 is 1.41 bits per heavy atom. The molecular formula is C41H47N3. The molecule has 0 spiro atoms. The van der Waals surface area contributed by atoms with Gasteiger partial charge in [-0.15, -0.1) is 0 Å². The lowest BCUT2D eigenvalue weighted by Crippen LogP contribution is -2.25. The first-order chi connectivity index (χ1) is 21.6. The van der Waals surface area contributed by atoms with Gasteiger partial charge in [-0.05, 0) is 153 Å². The zero-order valence-electron chi connectivity index (χ0n) is 27.0. The predicted molar refractivity (Wildman–Crippen MR) is 180 cm³/mol. The van der Waals surface area contributed by atoms with Gasteiger partial charge in [0.15, 0.2) is 0 Å². The van der Waals surface area contributed by atoms with Gasteiger partial charge in [-0.2, -0.15) is 0 Å². The minimum absolute atomic E-state index is 0.227. The maximum absolute atomic E-state index is 5.45. The Balaban J connectivity index is 1.30. The van der Waals surface area contributed by atoms with Crippen molar-refractivity contribution in [1.29, 1.82) is 0 Å². The lowest BCUT2D eigenvalue weighted by atomic mass is 9.67. The van der Waals surface area contributed by atoms with E-state index in [1.54, 1.807) is 27.5 Å². The molecule has 8 bridgehead atoms. The van der Waals surface area contributed by atoms with Crippen molar-refractivity contribution in [3.63, 3.8) is 0 Å². The number of nitrogens with zero attached hydrogens (tertiary/aromatic N) is 3. The Hall–Kier alpha value is -2.68. The molecule has 0 N–H and O–H groups in total. The van der Waals surface area contributed by atoms with Crippen LogP contribution in [0, 0.1) is 23.7 Å². The predicted octanol–water partition coefficient (Wildman–Crippen LogP) is 10.9. The average molecular weight is 582 g/mol. The Morgan fingerprint density at radius 2 is 1.00 bits per heavy atom. The Morgan fingerprint density at radius 1 is 0.591 bits per heavy atom. The molecule has 4 aromatic heterocycles. The largest absolute Gasteiger partial charge is 0.305 e. The van der Waals surface area contributed by atoms with E-state index in [1.165, 1.54) is 122 Å². The molecule has 4 saturated carbocycles. The molecule has 0 amide bonds. The molecule has 1 aromatic carbocycles. The lowest BCUT2D eigenvalue weighted by molar-refractivity contribution is 0.165. The molecule has 8 aliphatic carbocycles. The number of fused-ring (bicyclic) bond motifs is 6. The van der Waals surface area contributed by atoms with Crippen molar-refractivity contribution in [2.75, 3.05) is 0 Å². The highest BCUT2D eigenvalue weighted by Gasteiger charge is 2.46. The van der Waals surface area contributed by atoms with Crippen LogP contribution >= 0.6 is 0 Å². The van der Waals surface area contributed by atoms with Crippen molar-refractivity contribution in [2.45, 2.75) is 133 Å². The van der Waals surface area contributed by atoms with E-state index in [0.29, 0.717) is 23.7 Å². The third-order valence-corrected chi connectivity index (χ3v) is 15.1. The number of rotatable bonds is 4. The second-order valence-corrected chi connectivity index (χ2v) is 16.8. The minimum atomic E-state index is 0.227. The van der Waals surface area contributed by atoms with E-state index in [0.717, 1.165) is 23.7 Å². The van der Waals surface area contributed by atoms with Crippen molar-refractivity contribution in [1.82, 2.24) is 14.4 Å². The third-order valence-electron chi connectivity index (χ3n) is 15.1. The molecule has 4 unspecified atom stereocenters. The number of aromatic nitrogens is 3. The molecule has 4 fully saturated rings. The van der Waals surface area contributed by atoms with Crippen molar-refractivity contribution < 1.29 is 0 Å². The molecule has 3 nitrogen and oxygen atoms in total. The second-order valence-electron chi connectivity index (χ2n) is 16.8. The van der Waals surface area contributed by atoms with E-state index in [9.17, 15) is 0 Å². The van der Waals surface area contributed by atoms with Crippen LogP contribution in [-0.4, -0.2) is 14.4 Å². The highest BCUT2D eigenvalue weighted by atomic mass is 14.9. The summed E-state index contributed by atoms with van der Waals surface area (Å²) in [6.07, 6.45) is 22.2. The fraction of sp³-hybridized carbons (Fsp3) is 0.610. The van der Waals surface area contributed by atoms with Gasteiger partial charge in [-0.3, -0.25) is 9.97 Å². The molecular weight excluding hydrogens is 534 g/mol. The summed E-state index contributed by atoms with van der Waals surface area (Å²) in [7, 11) is 0. The zero-order valence-corrected chi connectivity index (χ0v) is 27.0. The van der Waals surface area contributed by atoms with E-state index in [1.807, 2.05) is 0 Å². The topological polar surface area (TPSA) is 30.2 Å². The van der Waals surface area contributed by atoms with Crippen LogP contribution < -0.4 is 0 Å². The van der Waals surface area contributed by atoms with Gasteiger partial charge in [0, 0.05) is 44.8 Å². The molecule has 226 valence electrons. The molecule has 0 saturated heterocycles. The smallest absolute Gasteiger partial charge is 0.0728 e. The van der Waals surface area contributed by atoms with Crippen LogP contribution in [0.5, 0.6) is 0 Å². The van der Waals surface area contributed by atoms with Crippen LogP contribution in [0.3, 0.4) is 0 Å². The quantitative estimate of drug-likeness (QED) is 0.211. The zero-order chi connectivity index (χ0) is 29.1. The minimum Gasteiger partial charge on any atom is -0.305 e. The monoisotopic (exact) mass is 581 g/mol. The second kappa shape index (κ2) is 8.56. The summed E-state index contributed by atoms with van der Waals surface area (Å²) < 4.78 is 2.66. The summed E-state index contributed by atoms with van der Waals surface area (Å²) >= 11 is 0. The third kappa shape index (κ3) is 3.02. The van der Waals surface area contributed by atoms with Crippen LogP contribution in [0.1, 0.15) is 156 Å². The molecule has 0 radical (unpaired) electrons. The Kier molecular flexibility index (Phi) is 4.96. The standard InChI is InChI=1S/C41H47N3/c1-4-41(5-2,6-3)29-17-30-36-32(19-42-38-27-13-21-7-22(14-27)10-25(9-21)34(36)38)44-33-20-43-39-28-15-23-8-24(16-28)12-26(11-23)35(39)37(33)31(18-29)40(30)44/h17-28H,4-16H2,1-3H3. The average Bonchev–Trinajstić information content (AvgIpc) is 3.41. The Bertz CT molecular complexity index is 1840. The number of hydrogen-bond acceptors (Lipinski definition) is 2. The first kappa shape index (κ1) is 25.5. The number of hydrogen-bond donors (Lipinski definition) is 0. The summed E-state index contributed by atoms with van der Waals surface area (Å²) in [6.45, 7) is 7.30. The van der Waals surface area contributed by atoms with Gasteiger partial charge < -0.3 is 4.40 Å².